The average Bonchev–Trinajstić information content (AvgIpc) is 3.16. The van der Waals surface area contributed by atoms with Gasteiger partial charge in [0, 0.05) is 25.0 Å². The Hall–Kier alpha value is -1.79. The van der Waals surface area contributed by atoms with E-state index in [0.717, 1.165) is 75.1 Å². The van der Waals surface area contributed by atoms with Crippen LogP contribution in [0.5, 0.6) is 11.5 Å². The van der Waals surface area contributed by atoms with Crippen LogP contribution in [0.1, 0.15) is 63.5 Å². The number of ether oxygens (including phenoxy) is 2. The molecule has 2 heterocycles. The van der Waals surface area contributed by atoms with Gasteiger partial charge >= 0.3 is 0 Å². The van der Waals surface area contributed by atoms with Gasteiger partial charge in [0.05, 0.1) is 12.1 Å². The second-order valence-electron chi connectivity index (χ2n) is 8.44. The lowest BCUT2D eigenvalue weighted by atomic mass is 9.66. The fourth-order valence-electron chi connectivity index (χ4n) is 5.10. The maximum atomic E-state index is 12.5. The number of carbonyl (C=O) groups is 1. The summed E-state index contributed by atoms with van der Waals surface area (Å²) in [6, 6.07) is 6.08. The summed E-state index contributed by atoms with van der Waals surface area (Å²) in [5.41, 5.74) is 0.477. The molecule has 0 unspecified atom stereocenters. The van der Waals surface area contributed by atoms with Crippen LogP contribution in [-0.2, 0) is 4.79 Å². The van der Waals surface area contributed by atoms with Crippen LogP contribution in [-0.4, -0.2) is 47.9 Å². The SMILES string of the molecule is CCCCNC(=O)CN1CC[C@]2(O)CCCC[C@@H]2[C@H]1c1ccc2c(c1)OCO2. The predicted octanol–water partition coefficient (Wildman–Crippen LogP) is 3.00. The van der Waals surface area contributed by atoms with Crippen LogP contribution in [0.3, 0.4) is 0 Å². The van der Waals surface area contributed by atoms with E-state index in [4.69, 9.17) is 9.47 Å². The fourth-order valence-corrected chi connectivity index (χ4v) is 5.10. The molecule has 0 aromatic heterocycles. The lowest BCUT2D eigenvalue weighted by Crippen LogP contribution is -2.56. The molecule has 6 nitrogen and oxygen atoms in total. The molecule has 6 heteroatoms. The molecule has 0 bridgehead atoms. The number of piperidine rings is 1. The maximum absolute atomic E-state index is 12.5. The first kappa shape index (κ1) is 19.5. The van der Waals surface area contributed by atoms with Gasteiger partial charge in [0.2, 0.25) is 12.7 Å². The Labute approximate surface area is 167 Å². The Balaban J connectivity index is 1.58. The van der Waals surface area contributed by atoms with Gasteiger partial charge in [-0.25, -0.2) is 0 Å². The monoisotopic (exact) mass is 388 g/mol. The minimum atomic E-state index is -0.630. The third-order valence-corrected chi connectivity index (χ3v) is 6.61. The van der Waals surface area contributed by atoms with E-state index < -0.39 is 5.60 Å². The topological polar surface area (TPSA) is 71.0 Å². The summed E-state index contributed by atoms with van der Waals surface area (Å²) in [5.74, 6) is 1.73. The quantitative estimate of drug-likeness (QED) is 0.733. The number of fused-ring (bicyclic) bond motifs is 2. The van der Waals surface area contributed by atoms with Gasteiger partial charge in [0.1, 0.15) is 0 Å². The standard InChI is InChI=1S/C22H32N2O4/c1-2-3-11-23-20(25)14-24-12-10-22(26)9-5-4-6-17(22)21(24)16-7-8-18-19(13-16)28-15-27-18/h7-8,13,17,21,26H,2-6,9-12,14-15H2,1H3,(H,23,25)/t17-,21-,22-/m1/s1. The van der Waals surface area contributed by atoms with Crippen molar-refractivity contribution in [3.05, 3.63) is 23.8 Å². The molecule has 0 radical (unpaired) electrons. The largest absolute Gasteiger partial charge is 0.454 e. The molecular weight excluding hydrogens is 356 g/mol. The van der Waals surface area contributed by atoms with Crippen molar-refractivity contribution in [2.45, 2.75) is 63.5 Å². The van der Waals surface area contributed by atoms with E-state index in [9.17, 15) is 9.90 Å². The lowest BCUT2D eigenvalue weighted by Gasteiger charge is -2.52. The molecule has 3 aliphatic rings. The van der Waals surface area contributed by atoms with Gasteiger partial charge in [-0.1, -0.05) is 32.3 Å². The highest BCUT2D eigenvalue weighted by Gasteiger charge is 2.49. The van der Waals surface area contributed by atoms with E-state index in [0.29, 0.717) is 6.54 Å². The third kappa shape index (κ3) is 3.85. The molecule has 3 atom stereocenters. The molecule has 28 heavy (non-hydrogen) atoms. The predicted molar refractivity (Wildman–Crippen MR) is 106 cm³/mol. The number of rotatable bonds is 6. The zero-order valence-corrected chi connectivity index (χ0v) is 16.8. The molecule has 0 spiro atoms. The van der Waals surface area contributed by atoms with Gasteiger partial charge in [-0.2, -0.15) is 0 Å². The van der Waals surface area contributed by atoms with Crippen LogP contribution in [0.25, 0.3) is 0 Å². The molecule has 2 N–H and O–H groups in total. The van der Waals surface area contributed by atoms with Crippen molar-refractivity contribution >= 4 is 5.91 Å². The van der Waals surface area contributed by atoms with Gasteiger partial charge in [-0.05, 0) is 43.4 Å². The lowest BCUT2D eigenvalue weighted by molar-refractivity contribution is -0.137. The van der Waals surface area contributed by atoms with Crippen molar-refractivity contribution in [1.82, 2.24) is 10.2 Å². The van der Waals surface area contributed by atoms with E-state index in [1.54, 1.807) is 0 Å². The van der Waals surface area contributed by atoms with E-state index >= 15 is 0 Å². The first-order valence-electron chi connectivity index (χ1n) is 10.7. The highest BCUT2D eigenvalue weighted by molar-refractivity contribution is 5.78. The molecule has 4 rings (SSSR count). The van der Waals surface area contributed by atoms with Crippen LogP contribution in [0.15, 0.2) is 18.2 Å². The molecule has 1 aromatic rings. The van der Waals surface area contributed by atoms with Crippen molar-refractivity contribution in [2.75, 3.05) is 26.4 Å². The third-order valence-electron chi connectivity index (χ3n) is 6.61. The number of likely N-dealkylation sites (tertiary alicyclic amines) is 1. The molecular formula is C22H32N2O4. The Bertz CT molecular complexity index is 710. The summed E-state index contributed by atoms with van der Waals surface area (Å²) in [6.07, 6.45) is 6.86. The number of carbonyl (C=O) groups excluding carboxylic acids is 1. The Morgan fingerprint density at radius 3 is 3.00 bits per heavy atom. The molecule has 154 valence electrons. The van der Waals surface area contributed by atoms with Crippen LogP contribution in [0, 0.1) is 5.92 Å². The highest BCUT2D eigenvalue weighted by atomic mass is 16.7. The van der Waals surface area contributed by atoms with E-state index in [2.05, 4.69) is 23.2 Å². The van der Waals surface area contributed by atoms with Gasteiger partial charge in [-0.3, -0.25) is 9.69 Å². The summed E-state index contributed by atoms with van der Waals surface area (Å²) in [4.78, 5) is 14.8. The van der Waals surface area contributed by atoms with Crippen molar-refractivity contribution in [3.8, 4) is 11.5 Å². The van der Waals surface area contributed by atoms with Crippen LogP contribution < -0.4 is 14.8 Å². The van der Waals surface area contributed by atoms with E-state index in [1.165, 1.54) is 0 Å². The molecule has 2 fully saturated rings. The van der Waals surface area contributed by atoms with Gasteiger partial charge in [0.25, 0.3) is 0 Å². The second-order valence-corrected chi connectivity index (χ2v) is 8.44. The maximum Gasteiger partial charge on any atom is 0.234 e. The summed E-state index contributed by atoms with van der Waals surface area (Å²) in [6.45, 7) is 4.20. The number of amides is 1. The summed E-state index contributed by atoms with van der Waals surface area (Å²) in [7, 11) is 0. The summed E-state index contributed by atoms with van der Waals surface area (Å²) < 4.78 is 11.1. The minimum absolute atomic E-state index is 0.0190. The molecule has 1 aliphatic carbocycles. The fraction of sp³-hybridized carbons (Fsp3) is 0.682. The Kier molecular flexibility index (Phi) is 5.78. The minimum Gasteiger partial charge on any atom is -0.454 e. The van der Waals surface area contributed by atoms with E-state index in [1.807, 2.05) is 12.1 Å². The number of hydrogen-bond donors (Lipinski definition) is 2. The average molecular weight is 389 g/mol. The summed E-state index contributed by atoms with van der Waals surface area (Å²) >= 11 is 0. The van der Waals surface area contributed by atoms with Gasteiger partial charge < -0.3 is 19.9 Å². The normalized spacial score (nSPS) is 29.4. The van der Waals surface area contributed by atoms with Crippen molar-refractivity contribution in [3.63, 3.8) is 0 Å². The molecule has 2 aliphatic heterocycles. The molecule has 1 aromatic carbocycles. The Morgan fingerprint density at radius 2 is 2.14 bits per heavy atom. The number of unbranched alkanes of at least 4 members (excludes halogenated alkanes) is 1. The van der Waals surface area contributed by atoms with Crippen LogP contribution in [0.4, 0.5) is 0 Å². The number of hydrogen-bond acceptors (Lipinski definition) is 5. The van der Waals surface area contributed by atoms with Gasteiger partial charge in [-0.15, -0.1) is 0 Å². The number of benzene rings is 1. The first-order valence-corrected chi connectivity index (χ1v) is 10.7. The van der Waals surface area contributed by atoms with Crippen molar-refractivity contribution in [1.29, 1.82) is 0 Å². The molecule has 1 amide bonds. The Morgan fingerprint density at radius 1 is 1.29 bits per heavy atom. The zero-order valence-electron chi connectivity index (χ0n) is 16.8. The van der Waals surface area contributed by atoms with Crippen LogP contribution in [0.2, 0.25) is 0 Å². The van der Waals surface area contributed by atoms with Crippen molar-refractivity contribution in [2.24, 2.45) is 5.92 Å². The zero-order chi connectivity index (χ0) is 19.6. The van der Waals surface area contributed by atoms with Crippen LogP contribution >= 0.6 is 0 Å². The van der Waals surface area contributed by atoms with Crippen molar-refractivity contribution < 1.29 is 19.4 Å². The smallest absolute Gasteiger partial charge is 0.234 e. The molecule has 1 saturated heterocycles. The van der Waals surface area contributed by atoms with E-state index in [-0.39, 0.29) is 24.7 Å². The number of nitrogens with one attached hydrogen (secondary N) is 1. The number of aliphatic hydroxyl groups is 1. The highest BCUT2D eigenvalue weighted by Crippen LogP contribution is 2.50. The first-order chi connectivity index (χ1) is 13.6. The van der Waals surface area contributed by atoms with Gasteiger partial charge in [0.15, 0.2) is 11.5 Å². The number of nitrogens with zero attached hydrogens (tertiary/aromatic N) is 1. The molecule has 1 saturated carbocycles. The summed E-state index contributed by atoms with van der Waals surface area (Å²) in [5, 5.41) is 14.4. The second kappa shape index (κ2) is 8.29.